The highest BCUT2D eigenvalue weighted by Gasteiger charge is 2.28. The number of hydrogen-bond acceptors (Lipinski definition) is 3. The Morgan fingerprint density at radius 2 is 2.36 bits per heavy atom. The number of nitrogens with zero attached hydrogens (tertiary/aromatic N) is 1. The third kappa shape index (κ3) is 2.07. The molecule has 0 radical (unpaired) electrons. The first-order chi connectivity index (χ1) is 6.77. The van der Waals surface area contributed by atoms with Gasteiger partial charge in [-0.1, -0.05) is 0 Å². The zero-order valence-corrected chi connectivity index (χ0v) is 8.66. The van der Waals surface area contributed by atoms with Gasteiger partial charge < -0.3 is 15.0 Å². The van der Waals surface area contributed by atoms with Crippen molar-refractivity contribution < 1.29 is 9.53 Å². The molecule has 2 saturated heterocycles. The van der Waals surface area contributed by atoms with Crippen LogP contribution in [-0.4, -0.2) is 50.2 Å². The SMILES string of the molecule is CN(CC1CNC1)C(=O)C1CCCO1. The molecule has 2 fully saturated rings. The van der Waals surface area contributed by atoms with Crippen molar-refractivity contribution in [3.05, 3.63) is 0 Å². The lowest BCUT2D eigenvalue weighted by Gasteiger charge is -2.32. The van der Waals surface area contributed by atoms with Crippen molar-refractivity contribution in [3.63, 3.8) is 0 Å². The van der Waals surface area contributed by atoms with E-state index >= 15 is 0 Å². The van der Waals surface area contributed by atoms with Crippen molar-refractivity contribution in [3.8, 4) is 0 Å². The number of hydrogen-bond donors (Lipinski definition) is 1. The molecule has 4 heteroatoms. The number of amides is 1. The van der Waals surface area contributed by atoms with Crippen molar-refractivity contribution in [1.29, 1.82) is 0 Å². The second-order valence-electron chi connectivity index (χ2n) is 4.24. The van der Waals surface area contributed by atoms with Crippen LogP contribution in [0.25, 0.3) is 0 Å². The van der Waals surface area contributed by atoms with E-state index in [1.165, 1.54) is 0 Å². The molecule has 1 N–H and O–H groups in total. The van der Waals surface area contributed by atoms with Gasteiger partial charge in [0, 0.05) is 39.2 Å². The molecule has 1 unspecified atom stereocenters. The van der Waals surface area contributed by atoms with Gasteiger partial charge in [-0.2, -0.15) is 0 Å². The molecule has 2 aliphatic heterocycles. The molecule has 0 aromatic heterocycles. The van der Waals surface area contributed by atoms with Crippen LogP contribution in [0.2, 0.25) is 0 Å². The van der Waals surface area contributed by atoms with E-state index in [9.17, 15) is 4.79 Å². The van der Waals surface area contributed by atoms with Crippen LogP contribution in [0, 0.1) is 5.92 Å². The highest BCUT2D eigenvalue weighted by molar-refractivity contribution is 5.80. The molecular weight excluding hydrogens is 180 g/mol. The van der Waals surface area contributed by atoms with Crippen molar-refractivity contribution in [2.45, 2.75) is 18.9 Å². The molecule has 0 aromatic rings. The predicted octanol–water partition coefficient (Wildman–Crippen LogP) is -0.157. The van der Waals surface area contributed by atoms with Crippen LogP contribution in [-0.2, 0) is 9.53 Å². The minimum absolute atomic E-state index is 0.159. The maximum atomic E-state index is 11.8. The molecule has 0 spiro atoms. The maximum Gasteiger partial charge on any atom is 0.251 e. The van der Waals surface area contributed by atoms with Crippen LogP contribution in [0.15, 0.2) is 0 Å². The minimum Gasteiger partial charge on any atom is -0.368 e. The number of carbonyl (C=O) groups excluding carboxylic acids is 1. The topological polar surface area (TPSA) is 41.6 Å². The molecule has 1 amide bonds. The fourth-order valence-corrected chi connectivity index (χ4v) is 1.97. The quantitative estimate of drug-likeness (QED) is 0.685. The highest BCUT2D eigenvalue weighted by Crippen LogP contribution is 2.15. The van der Waals surface area contributed by atoms with E-state index in [4.69, 9.17) is 4.74 Å². The van der Waals surface area contributed by atoms with Crippen LogP contribution in [0.5, 0.6) is 0 Å². The van der Waals surface area contributed by atoms with Gasteiger partial charge in [-0.05, 0) is 12.8 Å². The molecule has 14 heavy (non-hydrogen) atoms. The lowest BCUT2D eigenvalue weighted by atomic mass is 10.0. The van der Waals surface area contributed by atoms with Crippen molar-refractivity contribution in [2.24, 2.45) is 5.92 Å². The van der Waals surface area contributed by atoms with E-state index in [1.54, 1.807) is 0 Å². The Bertz CT molecular complexity index is 210. The average Bonchev–Trinajstić information content (AvgIpc) is 2.62. The summed E-state index contributed by atoms with van der Waals surface area (Å²) in [6.07, 6.45) is 1.76. The summed E-state index contributed by atoms with van der Waals surface area (Å²) in [7, 11) is 1.88. The zero-order valence-electron chi connectivity index (χ0n) is 8.66. The van der Waals surface area contributed by atoms with Gasteiger partial charge in [0.05, 0.1) is 0 Å². The zero-order chi connectivity index (χ0) is 9.97. The first-order valence-corrected chi connectivity index (χ1v) is 5.34. The standard InChI is InChI=1S/C10H18N2O2/c1-12(7-8-5-11-6-8)10(13)9-3-2-4-14-9/h8-9,11H,2-7H2,1H3. The summed E-state index contributed by atoms with van der Waals surface area (Å²) in [4.78, 5) is 13.6. The second-order valence-corrected chi connectivity index (χ2v) is 4.24. The van der Waals surface area contributed by atoms with Crippen LogP contribution in [0.4, 0.5) is 0 Å². The summed E-state index contributed by atoms with van der Waals surface area (Å²) in [6.45, 7) is 3.70. The van der Waals surface area contributed by atoms with Gasteiger partial charge in [-0.25, -0.2) is 0 Å². The van der Waals surface area contributed by atoms with Crippen LogP contribution >= 0.6 is 0 Å². The van der Waals surface area contributed by atoms with E-state index in [0.717, 1.165) is 39.1 Å². The molecule has 0 saturated carbocycles. The summed E-state index contributed by atoms with van der Waals surface area (Å²) < 4.78 is 5.36. The van der Waals surface area contributed by atoms with Gasteiger partial charge in [0.25, 0.3) is 5.91 Å². The number of rotatable bonds is 3. The summed E-state index contributed by atoms with van der Waals surface area (Å²) in [5, 5.41) is 3.21. The largest absolute Gasteiger partial charge is 0.368 e. The predicted molar refractivity (Wildman–Crippen MR) is 53.0 cm³/mol. The van der Waals surface area contributed by atoms with Gasteiger partial charge in [0.1, 0.15) is 6.10 Å². The number of likely N-dealkylation sites (N-methyl/N-ethyl adjacent to an activating group) is 1. The molecule has 80 valence electrons. The van der Waals surface area contributed by atoms with Crippen LogP contribution in [0.3, 0.4) is 0 Å². The Kier molecular flexibility index (Phi) is 3.03. The monoisotopic (exact) mass is 198 g/mol. The van der Waals surface area contributed by atoms with Gasteiger partial charge in [-0.15, -0.1) is 0 Å². The summed E-state index contributed by atoms with van der Waals surface area (Å²) in [6, 6.07) is 0. The lowest BCUT2D eigenvalue weighted by molar-refractivity contribution is -0.140. The number of nitrogens with one attached hydrogen (secondary N) is 1. The number of ether oxygens (including phenoxy) is 1. The van der Waals surface area contributed by atoms with E-state index in [0.29, 0.717) is 5.92 Å². The Labute approximate surface area is 84.6 Å². The van der Waals surface area contributed by atoms with E-state index in [-0.39, 0.29) is 12.0 Å². The lowest BCUT2D eigenvalue weighted by Crippen LogP contribution is -2.50. The molecule has 0 aliphatic carbocycles. The third-order valence-corrected chi connectivity index (χ3v) is 2.98. The van der Waals surface area contributed by atoms with Crippen LogP contribution < -0.4 is 5.32 Å². The first-order valence-electron chi connectivity index (χ1n) is 5.34. The van der Waals surface area contributed by atoms with Crippen molar-refractivity contribution in [2.75, 3.05) is 33.3 Å². The van der Waals surface area contributed by atoms with E-state index in [1.807, 2.05) is 11.9 Å². The molecule has 0 aromatic carbocycles. The Morgan fingerprint density at radius 1 is 1.57 bits per heavy atom. The molecular formula is C10H18N2O2. The van der Waals surface area contributed by atoms with E-state index in [2.05, 4.69) is 5.32 Å². The summed E-state index contributed by atoms with van der Waals surface area (Å²) in [5.41, 5.74) is 0. The van der Waals surface area contributed by atoms with Gasteiger partial charge in [0.15, 0.2) is 0 Å². The highest BCUT2D eigenvalue weighted by atomic mass is 16.5. The maximum absolute atomic E-state index is 11.8. The summed E-state index contributed by atoms with van der Waals surface area (Å²) in [5.74, 6) is 0.805. The molecule has 0 bridgehead atoms. The smallest absolute Gasteiger partial charge is 0.251 e. The normalized spacial score (nSPS) is 27.4. The van der Waals surface area contributed by atoms with Crippen molar-refractivity contribution in [1.82, 2.24) is 10.2 Å². The number of carbonyl (C=O) groups is 1. The van der Waals surface area contributed by atoms with Gasteiger partial charge >= 0.3 is 0 Å². The molecule has 2 heterocycles. The average molecular weight is 198 g/mol. The minimum atomic E-state index is -0.159. The second kappa shape index (κ2) is 4.28. The Hall–Kier alpha value is -0.610. The summed E-state index contributed by atoms with van der Waals surface area (Å²) >= 11 is 0. The fraction of sp³-hybridized carbons (Fsp3) is 0.900. The van der Waals surface area contributed by atoms with Crippen molar-refractivity contribution >= 4 is 5.91 Å². The fourth-order valence-electron chi connectivity index (χ4n) is 1.97. The van der Waals surface area contributed by atoms with Crippen LogP contribution in [0.1, 0.15) is 12.8 Å². The first kappa shape index (κ1) is 9.93. The third-order valence-electron chi connectivity index (χ3n) is 2.98. The molecule has 4 nitrogen and oxygen atoms in total. The van der Waals surface area contributed by atoms with Gasteiger partial charge in [-0.3, -0.25) is 4.79 Å². The van der Waals surface area contributed by atoms with E-state index < -0.39 is 0 Å². The Morgan fingerprint density at radius 3 is 2.86 bits per heavy atom. The molecule has 2 aliphatic rings. The van der Waals surface area contributed by atoms with Gasteiger partial charge in [0.2, 0.25) is 0 Å². The molecule has 1 atom stereocenters. The Balaban J connectivity index is 1.77. The molecule has 2 rings (SSSR count).